The van der Waals surface area contributed by atoms with E-state index in [0.29, 0.717) is 35.2 Å². The molecule has 7 nitrogen and oxygen atoms in total. The summed E-state index contributed by atoms with van der Waals surface area (Å²) in [6.45, 7) is 2.54. The van der Waals surface area contributed by atoms with Crippen LogP contribution in [-0.2, 0) is 15.6 Å². The van der Waals surface area contributed by atoms with Gasteiger partial charge in [-0.1, -0.05) is 12.1 Å². The average Bonchev–Trinajstić information content (AvgIpc) is 2.80. The number of fused-ring (bicyclic) bond motifs is 1. The maximum Gasteiger partial charge on any atom is 0.246 e. The summed E-state index contributed by atoms with van der Waals surface area (Å²) in [7, 11) is -3.89. The fourth-order valence-corrected chi connectivity index (χ4v) is 5.84. The molecule has 0 unspecified atom stereocenters. The molecule has 194 valence electrons. The van der Waals surface area contributed by atoms with Crippen LogP contribution in [0, 0.1) is 12.7 Å². The number of hydrogen-bond acceptors (Lipinski definition) is 7. The van der Waals surface area contributed by atoms with Crippen LogP contribution < -0.4 is 11.1 Å². The summed E-state index contributed by atoms with van der Waals surface area (Å²) in [4.78, 5) is 13.6. The number of nitrogens with two attached hydrogens (primary N) is 1. The van der Waals surface area contributed by atoms with Gasteiger partial charge in [0.05, 0.1) is 28.9 Å². The Morgan fingerprint density at radius 2 is 1.86 bits per heavy atom. The number of pyridine rings is 1. The van der Waals surface area contributed by atoms with Crippen LogP contribution in [0.3, 0.4) is 0 Å². The summed E-state index contributed by atoms with van der Waals surface area (Å²) < 4.78 is 65.2. The number of alkyl halides is 2. The highest BCUT2D eigenvalue weighted by Crippen LogP contribution is 2.27. The zero-order chi connectivity index (χ0) is 26.1. The molecule has 0 atom stereocenters. The van der Waals surface area contributed by atoms with Crippen LogP contribution in [0.15, 0.2) is 30.5 Å². The Balaban J connectivity index is 1.52. The first-order chi connectivity index (χ1) is 16.9. The summed E-state index contributed by atoms with van der Waals surface area (Å²) in [6.07, 6.45) is 4.68. The summed E-state index contributed by atoms with van der Waals surface area (Å²) in [5.41, 5.74) is 8.91. The molecule has 0 radical (unpaired) electrons. The third-order valence-corrected chi connectivity index (χ3v) is 8.00. The van der Waals surface area contributed by atoms with Crippen molar-refractivity contribution in [2.75, 3.05) is 11.1 Å². The molecule has 0 bridgehead atoms. The molecule has 2 heterocycles. The van der Waals surface area contributed by atoms with Gasteiger partial charge in [0.15, 0.2) is 9.84 Å². The van der Waals surface area contributed by atoms with Gasteiger partial charge < -0.3 is 11.1 Å². The van der Waals surface area contributed by atoms with Gasteiger partial charge in [0, 0.05) is 29.6 Å². The summed E-state index contributed by atoms with van der Waals surface area (Å²) in [6, 6.07) is 6.44. The van der Waals surface area contributed by atoms with Crippen LogP contribution >= 0.6 is 0 Å². The van der Waals surface area contributed by atoms with Gasteiger partial charge in [0.2, 0.25) is 11.9 Å². The highest BCUT2D eigenvalue weighted by atomic mass is 32.2. The van der Waals surface area contributed by atoms with Crippen molar-refractivity contribution in [3.05, 3.63) is 47.4 Å². The predicted molar refractivity (Wildman–Crippen MR) is 134 cm³/mol. The zero-order valence-electron chi connectivity index (χ0n) is 20.3. The van der Waals surface area contributed by atoms with Crippen molar-refractivity contribution in [2.45, 2.75) is 69.7 Å². The Labute approximate surface area is 208 Å². The van der Waals surface area contributed by atoms with Gasteiger partial charge >= 0.3 is 0 Å². The van der Waals surface area contributed by atoms with Crippen LogP contribution in [0.1, 0.15) is 50.2 Å². The van der Waals surface area contributed by atoms with Crippen molar-refractivity contribution in [3.8, 4) is 11.3 Å². The molecule has 0 spiro atoms. The van der Waals surface area contributed by atoms with Crippen molar-refractivity contribution in [1.29, 1.82) is 0 Å². The third kappa shape index (κ3) is 6.70. The molecule has 11 heteroatoms. The number of nitrogens with one attached hydrogen (secondary N) is 1. The minimum absolute atomic E-state index is 0.0709. The number of rotatable bonds is 8. The molecule has 0 aliphatic heterocycles. The van der Waals surface area contributed by atoms with Crippen molar-refractivity contribution in [3.63, 3.8) is 0 Å². The van der Waals surface area contributed by atoms with Gasteiger partial charge in [-0.25, -0.2) is 36.5 Å². The minimum Gasteiger partial charge on any atom is -0.351 e. The second kappa shape index (κ2) is 10.3. The first-order valence-corrected chi connectivity index (χ1v) is 13.7. The first kappa shape index (κ1) is 26.3. The van der Waals surface area contributed by atoms with E-state index in [0.717, 1.165) is 31.2 Å². The highest BCUT2D eigenvalue weighted by molar-refractivity contribution is 7.90. The number of hydrogen-bond donors (Lipinski definition) is 2. The lowest BCUT2D eigenvalue weighted by Crippen LogP contribution is -2.33. The number of nitrogens with zero attached hydrogens (tertiary/aromatic N) is 3. The average molecular weight is 522 g/mol. The molecule has 1 aliphatic rings. The molecule has 1 fully saturated rings. The van der Waals surface area contributed by atoms with Gasteiger partial charge in [-0.05, 0) is 57.2 Å². The van der Waals surface area contributed by atoms with Crippen LogP contribution in [-0.4, -0.2) is 47.1 Å². The molecule has 2 aromatic heterocycles. The van der Waals surface area contributed by atoms with Gasteiger partial charge in [-0.3, -0.25) is 0 Å². The molecule has 3 N–H and O–H groups in total. The number of benzene rings is 1. The highest BCUT2D eigenvalue weighted by Gasteiger charge is 2.26. The number of halogens is 3. The van der Waals surface area contributed by atoms with Crippen LogP contribution in [0.5, 0.6) is 0 Å². The van der Waals surface area contributed by atoms with Gasteiger partial charge in [-0.2, -0.15) is 0 Å². The summed E-state index contributed by atoms with van der Waals surface area (Å²) >= 11 is 0. The third-order valence-electron chi connectivity index (χ3n) is 6.42. The fourth-order valence-electron chi connectivity index (χ4n) is 4.31. The van der Waals surface area contributed by atoms with Crippen molar-refractivity contribution in [2.24, 2.45) is 5.73 Å². The molecular formula is C25H30F3N5O2S. The first-order valence-electron chi connectivity index (χ1n) is 11.9. The maximum atomic E-state index is 14.8. The van der Waals surface area contributed by atoms with Crippen molar-refractivity contribution >= 4 is 26.8 Å². The van der Waals surface area contributed by atoms with E-state index in [-0.39, 0.29) is 17.6 Å². The molecular weight excluding hydrogens is 491 g/mol. The predicted octanol–water partition coefficient (Wildman–Crippen LogP) is 4.78. The van der Waals surface area contributed by atoms with E-state index in [1.54, 1.807) is 18.3 Å². The number of anilines is 1. The van der Waals surface area contributed by atoms with Crippen LogP contribution in [0.4, 0.5) is 19.1 Å². The molecule has 1 aliphatic carbocycles. The van der Waals surface area contributed by atoms with Gasteiger partial charge in [0.1, 0.15) is 11.3 Å². The second-order valence-corrected chi connectivity index (χ2v) is 11.9. The Hall–Kier alpha value is -2.79. The molecule has 36 heavy (non-hydrogen) atoms. The normalized spacial score (nSPS) is 18.9. The van der Waals surface area contributed by atoms with E-state index in [1.807, 2.05) is 6.92 Å². The molecule has 1 aromatic carbocycles. The standard InChI is InChI=1S/C25H30F3N5O2S/c1-15-11-21(16-3-4-17(20(26)12-16)14-36(34,35)10-9-25(2,27)28)32-22-13-30-24(33-23(15)22)31-19-7-5-18(29)6-8-19/h3-4,11-13,18-19H,5-10,14,29H2,1-2H3,(H,30,31,33). The van der Waals surface area contributed by atoms with E-state index < -0.39 is 39.5 Å². The quantitative estimate of drug-likeness (QED) is 0.439. The van der Waals surface area contributed by atoms with E-state index >= 15 is 0 Å². The Bertz CT molecular complexity index is 1350. The molecule has 4 rings (SSSR count). The minimum atomic E-state index is -3.89. The molecule has 3 aromatic rings. The van der Waals surface area contributed by atoms with Crippen LogP contribution in [0.25, 0.3) is 22.3 Å². The summed E-state index contributed by atoms with van der Waals surface area (Å²) in [5.74, 6) is -4.66. The fraction of sp³-hybridized carbons (Fsp3) is 0.480. The Kier molecular flexibility index (Phi) is 7.51. The Morgan fingerprint density at radius 3 is 2.53 bits per heavy atom. The Morgan fingerprint density at radius 1 is 1.14 bits per heavy atom. The van der Waals surface area contributed by atoms with E-state index in [2.05, 4.69) is 20.3 Å². The van der Waals surface area contributed by atoms with E-state index in [1.165, 1.54) is 12.1 Å². The molecule has 0 amide bonds. The van der Waals surface area contributed by atoms with E-state index in [9.17, 15) is 21.6 Å². The summed E-state index contributed by atoms with van der Waals surface area (Å²) in [5, 5.41) is 3.37. The largest absolute Gasteiger partial charge is 0.351 e. The monoisotopic (exact) mass is 521 g/mol. The smallest absolute Gasteiger partial charge is 0.246 e. The maximum absolute atomic E-state index is 14.8. The molecule has 1 saturated carbocycles. The number of aryl methyl sites for hydroxylation is 1. The lowest BCUT2D eigenvalue weighted by Gasteiger charge is -2.26. The van der Waals surface area contributed by atoms with Crippen LogP contribution in [0.2, 0.25) is 0 Å². The van der Waals surface area contributed by atoms with Crippen molar-refractivity contribution < 1.29 is 21.6 Å². The molecule has 0 saturated heterocycles. The second-order valence-electron chi connectivity index (χ2n) is 9.73. The zero-order valence-corrected chi connectivity index (χ0v) is 21.1. The topological polar surface area (TPSA) is 111 Å². The SMILES string of the molecule is Cc1cc(-c2ccc(CS(=O)(=O)CCC(C)(F)F)c(F)c2)nc2cnc(NC3CCC(N)CC3)nc12. The van der Waals surface area contributed by atoms with Gasteiger partial charge in [0.25, 0.3) is 0 Å². The number of aromatic nitrogens is 3. The number of sulfone groups is 1. The van der Waals surface area contributed by atoms with Gasteiger partial charge in [-0.15, -0.1) is 0 Å². The lowest BCUT2D eigenvalue weighted by molar-refractivity contribution is 0.0189. The van der Waals surface area contributed by atoms with E-state index in [4.69, 9.17) is 5.73 Å². The lowest BCUT2D eigenvalue weighted by atomic mass is 9.92. The van der Waals surface area contributed by atoms with Crippen molar-refractivity contribution in [1.82, 2.24) is 15.0 Å².